The Morgan fingerprint density at radius 1 is 1.42 bits per heavy atom. The van der Waals surface area contributed by atoms with Crippen LogP contribution < -0.4 is 22.2 Å². The molecule has 2 aliphatic heterocycles. The van der Waals surface area contributed by atoms with Gasteiger partial charge in [-0.2, -0.15) is 5.10 Å². The molecule has 0 radical (unpaired) electrons. The number of nitrogens with one attached hydrogen (secondary N) is 2. The number of aryl methyl sites for hydroxylation is 1. The fraction of sp³-hybridized carbons (Fsp3) is 0.300. The molecule has 2 aromatic heterocycles. The van der Waals surface area contributed by atoms with E-state index >= 15 is 0 Å². The third-order valence-electron chi connectivity index (χ3n) is 5.38. The van der Waals surface area contributed by atoms with Gasteiger partial charge in [0.1, 0.15) is 29.9 Å². The summed E-state index contributed by atoms with van der Waals surface area (Å²) in [7, 11) is 1.24. The summed E-state index contributed by atoms with van der Waals surface area (Å²) in [6.45, 7) is 1.77. The van der Waals surface area contributed by atoms with Gasteiger partial charge in [0, 0.05) is 22.6 Å². The fourth-order valence-corrected chi connectivity index (χ4v) is 5.80. The van der Waals surface area contributed by atoms with Gasteiger partial charge >= 0.3 is 17.1 Å². The number of H-pyrrole nitrogens is 1. The first-order valence-electron chi connectivity index (χ1n) is 10.7. The Hall–Kier alpha value is -3.90. The van der Waals surface area contributed by atoms with Crippen molar-refractivity contribution >= 4 is 69.3 Å². The summed E-state index contributed by atoms with van der Waals surface area (Å²) >= 11 is 6.62. The number of thiol groups is 1. The van der Waals surface area contributed by atoms with E-state index in [2.05, 4.69) is 38.2 Å². The van der Waals surface area contributed by atoms with Crippen LogP contribution >= 0.6 is 35.7 Å². The molecule has 4 rings (SSSR count). The van der Waals surface area contributed by atoms with E-state index in [9.17, 15) is 29.1 Å². The van der Waals surface area contributed by atoms with Crippen LogP contribution in [-0.2, 0) is 25.8 Å². The van der Waals surface area contributed by atoms with Crippen molar-refractivity contribution in [3.8, 4) is 0 Å². The number of nitrogens with two attached hydrogens (primary N) is 1. The minimum Gasteiger partial charge on any atom is -0.477 e. The molecule has 15 nitrogen and oxygen atoms in total. The molecule has 38 heavy (non-hydrogen) atoms. The van der Waals surface area contributed by atoms with Gasteiger partial charge in [-0.3, -0.25) is 29.1 Å². The fourth-order valence-electron chi connectivity index (χ4n) is 3.69. The van der Waals surface area contributed by atoms with Gasteiger partial charge in [0.2, 0.25) is 0 Å². The molecule has 200 valence electrons. The second kappa shape index (κ2) is 10.8. The molecule has 2 aromatic rings. The lowest BCUT2D eigenvalue weighted by atomic mass is 10.0. The molecule has 1 fully saturated rings. The molecule has 0 bridgehead atoms. The first-order chi connectivity index (χ1) is 18.1. The Morgan fingerprint density at radius 3 is 2.76 bits per heavy atom. The van der Waals surface area contributed by atoms with Crippen LogP contribution in [-0.4, -0.2) is 77.5 Å². The second-order valence-electron chi connectivity index (χ2n) is 7.69. The van der Waals surface area contributed by atoms with Gasteiger partial charge in [-0.25, -0.2) is 14.5 Å². The maximum atomic E-state index is 13.0. The minimum atomic E-state index is -1.37. The van der Waals surface area contributed by atoms with Crippen molar-refractivity contribution in [1.29, 1.82) is 0 Å². The number of aliphatic carboxylic acids is 1. The van der Waals surface area contributed by atoms with Gasteiger partial charge in [-0.1, -0.05) is 5.16 Å². The van der Waals surface area contributed by atoms with Gasteiger partial charge in [-0.15, -0.1) is 35.7 Å². The molecule has 0 saturated carbocycles. The van der Waals surface area contributed by atoms with Crippen LogP contribution in [0.15, 0.2) is 37.5 Å². The minimum absolute atomic E-state index is 0.0446. The number of nitrogens with zero attached hydrogens (tertiary/aromatic N) is 5. The number of β-lactam (4-membered cyclic amide) rings is 1. The molecule has 0 aromatic carbocycles. The van der Waals surface area contributed by atoms with E-state index in [0.29, 0.717) is 0 Å². The number of anilines is 1. The van der Waals surface area contributed by atoms with E-state index in [1.54, 1.807) is 6.92 Å². The van der Waals surface area contributed by atoms with E-state index in [1.165, 1.54) is 30.3 Å². The van der Waals surface area contributed by atoms with Gasteiger partial charge in [0.05, 0.1) is 0 Å². The average Bonchev–Trinajstić information content (AvgIpc) is 3.32. The number of carboxylic acid groups (broad SMARTS) is 1. The summed E-state index contributed by atoms with van der Waals surface area (Å²) in [5.74, 6) is -2.69. The maximum Gasteiger partial charge on any atom is 0.352 e. The molecule has 4 heterocycles. The van der Waals surface area contributed by atoms with Crippen LogP contribution in [0.4, 0.5) is 5.13 Å². The number of oxime groups is 1. The summed E-state index contributed by atoms with van der Waals surface area (Å²) in [4.78, 5) is 73.9. The van der Waals surface area contributed by atoms with Crippen LogP contribution in [0.5, 0.6) is 0 Å². The van der Waals surface area contributed by atoms with Gasteiger partial charge in [0.15, 0.2) is 16.7 Å². The highest BCUT2D eigenvalue weighted by Gasteiger charge is 2.54. The van der Waals surface area contributed by atoms with Crippen molar-refractivity contribution in [3.05, 3.63) is 55.0 Å². The Kier molecular flexibility index (Phi) is 7.74. The molecule has 5 N–H and O–H groups in total. The quantitative estimate of drug-likeness (QED) is 0.0843. The molecule has 2 amide bonds. The van der Waals surface area contributed by atoms with Crippen molar-refractivity contribution in [3.63, 3.8) is 0 Å². The summed E-state index contributed by atoms with van der Waals surface area (Å²) in [6, 6.07) is -1.04. The molecule has 0 aliphatic carbocycles. The maximum absolute atomic E-state index is 13.0. The number of amides is 2. The predicted molar refractivity (Wildman–Crippen MR) is 142 cm³/mol. The Morgan fingerprint density at radius 2 is 2.16 bits per heavy atom. The number of rotatable bonds is 8. The van der Waals surface area contributed by atoms with Gasteiger partial charge < -0.3 is 21.0 Å². The topological polar surface area (TPSA) is 215 Å². The average molecular weight is 581 g/mol. The van der Waals surface area contributed by atoms with Crippen LogP contribution in [0.25, 0.3) is 4.91 Å². The van der Waals surface area contributed by atoms with Crippen LogP contribution in [0, 0.1) is 0 Å². The zero-order valence-corrected chi connectivity index (χ0v) is 22.2. The van der Waals surface area contributed by atoms with Crippen molar-refractivity contribution in [2.45, 2.75) is 24.9 Å². The molecule has 2 aliphatic rings. The number of carboxylic acids is 1. The largest absolute Gasteiger partial charge is 0.477 e. The number of carbonyl (C=O) groups is 3. The Bertz CT molecular complexity index is 1540. The third-order valence-corrected chi connectivity index (χ3v) is 7.70. The number of allylic oxidation sites excluding steroid dienone is 1. The van der Waals surface area contributed by atoms with E-state index < -0.39 is 40.3 Å². The molecule has 0 spiro atoms. The summed E-state index contributed by atoms with van der Waals surface area (Å²) < 4.78 is 0.948. The normalized spacial score (nSPS) is 19.7. The molecular weight excluding hydrogens is 560 g/mol. The zero-order chi connectivity index (χ0) is 27.7. The Labute approximate surface area is 226 Å². The number of carbonyl (C=O) groups excluding carboxylic acids is 2. The van der Waals surface area contributed by atoms with E-state index in [4.69, 9.17) is 10.6 Å². The smallest absolute Gasteiger partial charge is 0.352 e. The lowest BCUT2D eigenvalue weighted by molar-refractivity contribution is -0.150. The molecule has 2 unspecified atom stereocenters. The SMILES string of the molecule is CCn1nc(C(S)=CC2=C(C(=O)O)N3C(=O)C(NC(=O)C(=NOC)c4csc(N)n4)C3SC2)[nH]c(=O)c1=O. The van der Waals surface area contributed by atoms with Crippen molar-refractivity contribution in [1.82, 2.24) is 30.0 Å². The molecule has 1 saturated heterocycles. The van der Waals surface area contributed by atoms with Crippen molar-refractivity contribution in [2.75, 3.05) is 18.6 Å². The van der Waals surface area contributed by atoms with Crippen LogP contribution in [0.3, 0.4) is 0 Å². The first kappa shape index (κ1) is 27.1. The lowest BCUT2D eigenvalue weighted by Gasteiger charge is -2.49. The van der Waals surface area contributed by atoms with E-state index in [1.807, 2.05) is 0 Å². The van der Waals surface area contributed by atoms with Crippen LogP contribution in [0.2, 0.25) is 0 Å². The number of nitrogen functional groups attached to an aromatic ring is 1. The monoisotopic (exact) mass is 580 g/mol. The third kappa shape index (κ3) is 4.96. The van der Waals surface area contributed by atoms with E-state index in [-0.39, 0.29) is 50.8 Å². The van der Waals surface area contributed by atoms with Crippen molar-refractivity contribution in [2.24, 2.45) is 5.16 Å². The van der Waals surface area contributed by atoms with Crippen LogP contribution in [0.1, 0.15) is 18.4 Å². The number of aromatic nitrogens is 4. The molecular formula is C20H20N8O7S3. The number of hydrogen-bond donors (Lipinski definition) is 5. The zero-order valence-electron chi connectivity index (χ0n) is 19.7. The number of hydrogen-bond acceptors (Lipinski definition) is 13. The number of thiazole rings is 1. The lowest BCUT2D eigenvalue weighted by Crippen LogP contribution is -2.71. The number of thioether (sulfide) groups is 1. The Balaban J connectivity index is 1.60. The van der Waals surface area contributed by atoms with E-state index in [0.717, 1.165) is 20.9 Å². The predicted octanol–water partition coefficient (Wildman–Crippen LogP) is -0.950. The summed E-state index contributed by atoms with van der Waals surface area (Å²) in [5, 5.41) is 21.2. The highest BCUT2D eigenvalue weighted by Crippen LogP contribution is 2.41. The van der Waals surface area contributed by atoms with Gasteiger partial charge in [0.25, 0.3) is 11.8 Å². The highest BCUT2D eigenvalue weighted by atomic mass is 32.2. The molecule has 2 atom stereocenters. The number of aromatic amines is 1. The first-order valence-corrected chi connectivity index (χ1v) is 13.1. The standard InChI is InChI=1S/C20H20N8O7S3/c1-3-27-17(32)15(30)24-13(25-27)9(36)4-7-5-37-18-11(16(31)28(18)12(7)19(33)34)23-14(29)10(26-35-2)8-6-38-20(21)22-8/h4,6,11,18,36H,3,5H2,1-2H3,(H2,21,22)(H,23,29)(H,33,34)(H,24,25,30). The second-order valence-corrected chi connectivity index (χ2v) is 10.2. The summed E-state index contributed by atoms with van der Waals surface area (Å²) in [5.41, 5.74) is 3.76. The summed E-state index contributed by atoms with van der Waals surface area (Å²) in [6.07, 6.45) is 1.35. The van der Waals surface area contributed by atoms with Crippen molar-refractivity contribution < 1.29 is 24.3 Å². The highest BCUT2D eigenvalue weighted by molar-refractivity contribution is 8.00. The number of fused-ring (bicyclic) bond motifs is 1. The van der Waals surface area contributed by atoms with Gasteiger partial charge in [-0.05, 0) is 18.6 Å². The molecule has 18 heteroatoms.